The first-order chi connectivity index (χ1) is 10.7. The Morgan fingerprint density at radius 1 is 1.13 bits per heavy atom. The van der Waals surface area contributed by atoms with Gasteiger partial charge in [-0.1, -0.05) is 0 Å². The van der Waals surface area contributed by atoms with Gasteiger partial charge in [-0.3, -0.25) is 4.79 Å². The first-order valence-electron chi connectivity index (χ1n) is 7.14. The minimum Gasteiger partial charge on any atom is -0.340 e. The predicted octanol–water partition coefficient (Wildman–Crippen LogP) is 1.85. The van der Waals surface area contributed by atoms with Crippen molar-refractivity contribution in [3.63, 3.8) is 0 Å². The van der Waals surface area contributed by atoms with Gasteiger partial charge in [-0.15, -0.1) is 23.2 Å². The van der Waals surface area contributed by atoms with Crippen molar-refractivity contribution in [1.29, 1.82) is 0 Å². The van der Waals surface area contributed by atoms with E-state index in [1.807, 2.05) is 0 Å². The summed E-state index contributed by atoms with van der Waals surface area (Å²) in [5, 5.41) is 0. The summed E-state index contributed by atoms with van der Waals surface area (Å²) < 4.78 is 38.2. The number of rotatable bonds is 3. The van der Waals surface area contributed by atoms with Gasteiger partial charge in [-0.25, -0.2) is 12.8 Å². The monoisotopic (exact) mass is 380 g/mol. The molecule has 0 N–H and O–H groups in total. The van der Waals surface area contributed by atoms with Crippen molar-refractivity contribution in [2.45, 2.75) is 15.6 Å². The average molecular weight is 381 g/mol. The number of hydrogen-bond donors (Lipinski definition) is 0. The molecule has 23 heavy (non-hydrogen) atoms. The second-order valence-corrected chi connectivity index (χ2v) is 9.18. The molecule has 0 unspecified atom stereocenters. The van der Waals surface area contributed by atoms with Crippen LogP contribution in [-0.2, 0) is 14.8 Å². The molecule has 9 heteroatoms. The van der Waals surface area contributed by atoms with E-state index >= 15 is 0 Å². The van der Waals surface area contributed by atoms with Crippen LogP contribution in [0.5, 0.6) is 0 Å². The molecule has 0 radical (unpaired) electrons. The molecule has 1 saturated carbocycles. The van der Waals surface area contributed by atoms with Crippen molar-refractivity contribution in [3.8, 4) is 0 Å². The predicted molar refractivity (Wildman–Crippen MR) is 84.3 cm³/mol. The number of carbonyl (C=O) groups excluding carboxylic acids is 1. The van der Waals surface area contributed by atoms with Crippen molar-refractivity contribution in [2.24, 2.45) is 5.92 Å². The minimum atomic E-state index is -3.68. The van der Waals surface area contributed by atoms with Gasteiger partial charge in [0.2, 0.25) is 15.9 Å². The molecule has 1 amide bonds. The maximum atomic E-state index is 12.9. The van der Waals surface area contributed by atoms with E-state index in [1.165, 1.54) is 16.4 Å². The molecular formula is C14H15Cl2FN2O3S. The van der Waals surface area contributed by atoms with E-state index < -0.39 is 26.1 Å². The van der Waals surface area contributed by atoms with Gasteiger partial charge in [0, 0.05) is 26.2 Å². The zero-order valence-corrected chi connectivity index (χ0v) is 14.4. The van der Waals surface area contributed by atoms with E-state index in [1.54, 1.807) is 4.90 Å². The highest BCUT2D eigenvalue weighted by Gasteiger charge is 2.57. The Morgan fingerprint density at radius 2 is 1.65 bits per heavy atom. The Kier molecular flexibility index (Phi) is 4.33. The Bertz CT molecular complexity index is 716. The molecule has 1 saturated heterocycles. The average Bonchev–Trinajstić information content (AvgIpc) is 3.16. The number of nitrogens with zero attached hydrogens (tertiary/aromatic N) is 2. The standard InChI is InChI=1S/C14H15Cl2FN2O3S/c15-14(16)9-12(14)13(20)18-5-7-19(8-6-18)23(21,22)11-3-1-10(17)2-4-11/h1-4,12H,5-9H2/t12-/m0/s1. The summed E-state index contributed by atoms with van der Waals surface area (Å²) in [5.74, 6) is -1.02. The second kappa shape index (κ2) is 5.88. The molecule has 2 aliphatic rings. The lowest BCUT2D eigenvalue weighted by Gasteiger charge is -2.34. The van der Waals surface area contributed by atoms with Gasteiger partial charge < -0.3 is 4.90 Å². The Morgan fingerprint density at radius 3 is 2.13 bits per heavy atom. The fourth-order valence-electron chi connectivity index (χ4n) is 2.61. The molecule has 0 spiro atoms. The highest BCUT2D eigenvalue weighted by atomic mass is 35.5. The fourth-order valence-corrected chi connectivity index (χ4v) is 4.52. The molecule has 0 bridgehead atoms. The molecule has 1 aromatic rings. The molecule has 1 atom stereocenters. The van der Waals surface area contributed by atoms with Crippen LogP contribution < -0.4 is 0 Å². The van der Waals surface area contributed by atoms with Crippen LogP contribution in [0, 0.1) is 11.7 Å². The SMILES string of the molecule is O=C([C@@H]1CC1(Cl)Cl)N1CCN(S(=O)(=O)c2ccc(F)cc2)CC1. The van der Waals surface area contributed by atoms with E-state index in [-0.39, 0.29) is 23.9 Å². The number of hydrogen-bond acceptors (Lipinski definition) is 3. The fraction of sp³-hybridized carbons (Fsp3) is 0.500. The maximum absolute atomic E-state index is 12.9. The first kappa shape index (κ1) is 17.0. The van der Waals surface area contributed by atoms with Crippen LogP contribution in [0.15, 0.2) is 29.2 Å². The zero-order chi connectivity index (χ0) is 16.8. The second-order valence-electron chi connectivity index (χ2n) is 5.70. The number of piperazine rings is 1. The van der Waals surface area contributed by atoms with E-state index in [0.717, 1.165) is 12.1 Å². The van der Waals surface area contributed by atoms with Crippen LogP contribution in [0.25, 0.3) is 0 Å². The van der Waals surface area contributed by atoms with E-state index in [9.17, 15) is 17.6 Å². The molecular weight excluding hydrogens is 366 g/mol. The van der Waals surface area contributed by atoms with Crippen LogP contribution in [0.3, 0.4) is 0 Å². The highest BCUT2D eigenvalue weighted by molar-refractivity contribution is 7.89. The Balaban J connectivity index is 1.64. The first-order valence-corrected chi connectivity index (χ1v) is 9.34. The number of benzene rings is 1. The maximum Gasteiger partial charge on any atom is 0.243 e. The summed E-state index contributed by atoms with van der Waals surface area (Å²) in [5.41, 5.74) is 0. The lowest BCUT2D eigenvalue weighted by Crippen LogP contribution is -2.51. The third-order valence-electron chi connectivity index (χ3n) is 4.13. The normalized spacial score (nSPS) is 24.5. The largest absolute Gasteiger partial charge is 0.340 e. The topological polar surface area (TPSA) is 57.7 Å². The van der Waals surface area contributed by atoms with Gasteiger partial charge in [0.15, 0.2) is 0 Å². The number of carbonyl (C=O) groups is 1. The molecule has 1 aromatic carbocycles. The lowest BCUT2D eigenvalue weighted by atomic mass is 10.3. The Labute approximate surface area is 144 Å². The molecule has 2 fully saturated rings. The van der Waals surface area contributed by atoms with Crippen LogP contribution in [-0.4, -0.2) is 54.0 Å². The van der Waals surface area contributed by atoms with E-state index in [0.29, 0.717) is 19.5 Å². The van der Waals surface area contributed by atoms with E-state index in [4.69, 9.17) is 23.2 Å². The molecule has 3 rings (SSSR count). The van der Waals surface area contributed by atoms with Gasteiger partial charge in [0.1, 0.15) is 10.2 Å². The third kappa shape index (κ3) is 3.33. The highest BCUT2D eigenvalue weighted by Crippen LogP contribution is 2.53. The quantitative estimate of drug-likeness (QED) is 0.751. The molecule has 5 nitrogen and oxygen atoms in total. The lowest BCUT2D eigenvalue weighted by molar-refractivity contribution is -0.133. The van der Waals surface area contributed by atoms with Crippen LogP contribution >= 0.6 is 23.2 Å². The van der Waals surface area contributed by atoms with Crippen LogP contribution in [0.4, 0.5) is 4.39 Å². The smallest absolute Gasteiger partial charge is 0.243 e. The number of amides is 1. The molecule has 1 aliphatic heterocycles. The zero-order valence-electron chi connectivity index (χ0n) is 12.1. The van der Waals surface area contributed by atoms with Crippen molar-refractivity contribution in [1.82, 2.24) is 9.21 Å². The number of sulfonamides is 1. The van der Waals surface area contributed by atoms with Crippen molar-refractivity contribution in [3.05, 3.63) is 30.1 Å². The summed E-state index contributed by atoms with van der Waals surface area (Å²) in [4.78, 5) is 13.8. The molecule has 1 aliphatic carbocycles. The molecule has 1 heterocycles. The number of halogens is 3. The van der Waals surface area contributed by atoms with Crippen LogP contribution in [0.1, 0.15) is 6.42 Å². The molecule has 126 valence electrons. The summed E-state index contributed by atoms with van der Waals surface area (Å²) in [6.45, 7) is 0.963. The van der Waals surface area contributed by atoms with Gasteiger partial charge in [0.05, 0.1) is 10.8 Å². The van der Waals surface area contributed by atoms with Gasteiger partial charge in [-0.2, -0.15) is 4.31 Å². The Hall–Kier alpha value is -0.890. The van der Waals surface area contributed by atoms with Crippen molar-refractivity contribution < 1.29 is 17.6 Å². The number of alkyl halides is 2. The van der Waals surface area contributed by atoms with Gasteiger partial charge in [-0.05, 0) is 30.7 Å². The summed E-state index contributed by atoms with van der Waals surface area (Å²) in [6.07, 6.45) is 0.434. The summed E-state index contributed by atoms with van der Waals surface area (Å²) in [7, 11) is -3.68. The van der Waals surface area contributed by atoms with Gasteiger partial charge >= 0.3 is 0 Å². The van der Waals surface area contributed by atoms with Crippen molar-refractivity contribution >= 4 is 39.1 Å². The van der Waals surface area contributed by atoms with E-state index in [2.05, 4.69) is 0 Å². The van der Waals surface area contributed by atoms with Crippen LogP contribution in [0.2, 0.25) is 0 Å². The third-order valence-corrected chi connectivity index (χ3v) is 6.87. The van der Waals surface area contributed by atoms with Gasteiger partial charge in [0.25, 0.3) is 0 Å². The summed E-state index contributed by atoms with van der Waals surface area (Å²) >= 11 is 11.8. The molecule has 0 aromatic heterocycles. The summed E-state index contributed by atoms with van der Waals surface area (Å²) in [6, 6.07) is 4.70. The van der Waals surface area contributed by atoms with Crippen molar-refractivity contribution in [2.75, 3.05) is 26.2 Å². The minimum absolute atomic E-state index is 0.0430.